The Labute approximate surface area is 243 Å². The summed E-state index contributed by atoms with van der Waals surface area (Å²) in [4.78, 5) is 17.1. The molecule has 0 bridgehead atoms. The first-order valence-electron chi connectivity index (χ1n) is 14.3. The molecule has 0 spiro atoms. The van der Waals surface area contributed by atoms with E-state index in [1.807, 2.05) is 55.4 Å². The molecule has 1 amide bonds. The quantitative estimate of drug-likeness (QED) is 0.242. The molecule has 10 heteroatoms. The van der Waals surface area contributed by atoms with Crippen LogP contribution in [0.3, 0.4) is 0 Å². The molecule has 0 aliphatic carbocycles. The van der Waals surface area contributed by atoms with Crippen LogP contribution in [0.25, 0.3) is 16.6 Å². The first-order chi connectivity index (χ1) is 19.4. The smallest absolute Gasteiger partial charge is 0.410 e. The molecule has 4 heterocycles. The van der Waals surface area contributed by atoms with Crippen LogP contribution < -0.4 is 4.90 Å². The number of aromatic nitrogens is 4. The molecule has 9 nitrogen and oxygen atoms in total. The van der Waals surface area contributed by atoms with E-state index in [0.717, 1.165) is 46.5 Å². The van der Waals surface area contributed by atoms with Gasteiger partial charge in [0.2, 0.25) is 0 Å². The minimum Gasteiger partial charge on any atom is -0.442 e. The van der Waals surface area contributed by atoms with Gasteiger partial charge in [0, 0.05) is 56.7 Å². The highest BCUT2D eigenvalue weighted by Gasteiger charge is 2.37. The van der Waals surface area contributed by atoms with Crippen molar-refractivity contribution in [3.05, 3.63) is 72.3 Å². The first kappa shape index (κ1) is 28.9. The van der Waals surface area contributed by atoms with Crippen molar-refractivity contribution in [2.75, 3.05) is 31.1 Å². The molecule has 0 radical (unpaired) electrons. The standard InChI is InChI=1S/C31H42N6O3Si/c1-23(25-10-8-24(9-11-25)22-39-41(6,7)31(2,3)4)40-30(38)36-16-14-35(15-17-36)29-19-33-37-21-26(12-13-28(29)37)27-18-32-34(5)20-27/h8-13,18-21,23H,14-17,22H2,1-7H3. The first-order valence-corrected chi connectivity index (χ1v) is 17.2. The van der Waals surface area contributed by atoms with E-state index in [2.05, 4.69) is 73.2 Å². The van der Waals surface area contributed by atoms with E-state index in [1.165, 1.54) is 0 Å². The van der Waals surface area contributed by atoms with E-state index in [9.17, 15) is 4.79 Å². The van der Waals surface area contributed by atoms with Gasteiger partial charge in [-0.3, -0.25) is 4.68 Å². The van der Waals surface area contributed by atoms with Crippen molar-refractivity contribution in [1.82, 2.24) is 24.3 Å². The third-order valence-electron chi connectivity index (χ3n) is 8.55. The van der Waals surface area contributed by atoms with Gasteiger partial charge in [0.15, 0.2) is 8.32 Å². The van der Waals surface area contributed by atoms with Crippen LogP contribution in [0.4, 0.5) is 10.5 Å². The number of anilines is 1. The third kappa shape index (κ3) is 6.33. The fourth-order valence-corrected chi connectivity index (χ4v) is 5.70. The SMILES string of the molecule is CC(OC(=O)N1CCN(c2cnn3cc(-c4cnn(C)c4)ccc23)CC1)c1ccc(CO[Si](C)(C)C(C)(C)C)cc1. The van der Waals surface area contributed by atoms with Gasteiger partial charge >= 0.3 is 6.09 Å². The van der Waals surface area contributed by atoms with Crippen LogP contribution in [0, 0.1) is 0 Å². The number of piperazine rings is 1. The summed E-state index contributed by atoms with van der Waals surface area (Å²) in [6.45, 7) is 16.4. The summed E-state index contributed by atoms with van der Waals surface area (Å²) in [7, 11) is 0.110. The number of amides is 1. The monoisotopic (exact) mass is 574 g/mol. The predicted molar refractivity (Wildman–Crippen MR) is 165 cm³/mol. The number of nitrogens with zero attached hydrogens (tertiary/aromatic N) is 6. The van der Waals surface area contributed by atoms with Crippen LogP contribution in [0.5, 0.6) is 0 Å². The highest BCUT2D eigenvalue weighted by atomic mass is 28.4. The molecule has 1 aliphatic heterocycles. The van der Waals surface area contributed by atoms with Crippen molar-refractivity contribution < 1.29 is 14.0 Å². The second-order valence-corrected chi connectivity index (χ2v) is 17.3. The van der Waals surface area contributed by atoms with E-state index in [-0.39, 0.29) is 17.2 Å². The maximum atomic E-state index is 13.0. The van der Waals surface area contributed by atoms with Crippen molar-refractivity contribution in [2.24, 2.45) is 7.05 Å². The van der Waals surface area contributed by atoms with Gasteiger partial charge in [-0.2, -0.15) is 10.2 Å². The van der Waals surface area contributed by atoms with E-state index < -0.39 is 8.32 Å². The lowest BCUT2D eigenvalue weighted by Crippen LogP contribution is -2.49. The Morgan fingerprint density at radius 1 is 0.951 bits per heavy atom. The maximum absolute atomic E-state index is 13.0. The second-order valence-electron chi connectivity index (χ2n) is 12.5. The second kappa shape index (κ2) is 11.3. The van der Waals surface area contributed by atoms with Gasteiger partial charge in [0.25, 0.3) is 0 Å². The lowest BCUT2D eigenvalue weighted by molar-refractivity contribution is 0.0680. The van der Waals surface area contributed by atoms with Gasteiger partial charge in [0.05, 0.1) is 30.2 Å². The molecule has 41 heavy (non-hydrogen) atoms. The fourth-order valence-electron chi connectivity index (χ4n) is 4.74. The number of hydrogen-bond acceptors (Lipinski definition) is 6. The lowest BCUT2D eigenvalue weighted by Gasteiger charge is -2.36. The molecule has 5 rings (SSSR count). The largest absolute Gasteiger partial charge is 0.442 e. The minimum atomic E-state index is -1.80. The molecular weight excluding hydrogens is 532 g/mol. The van der Waals surface area contributed by atoms with Crippen molar-refractivity contribution in [1.29, 1.82) is 0 Å². The molecule has 1 saturated heterocycles. The molecule has 1 aromatic carbocycles. The summed E-state index contributed by atoms with van der Waals surface area (Å²) in [5, 5.41) is 9.03. The Kier molecular flexibility index (Phi) is 7.98. The summed E-state index contributed by atoms with van der Waals surface area (Å²) in [5.74, 6) is 0. The number of hydrogen-bond donors (Lipinski definition) is 0. The number of pyridine rings is 1. The zero-order valence-corrected chi connectivity index (χ0v) is 26.3. The zero-order chi connectivity index (χ0) is 29.4. The molecule has 1 atom stereocenters. The van der Waals surface area contributed by atoms with E-state index in [0.29, 0.717) is 19.7 Å². The van der Waals surface area contributed by atoms with Gasteiger partial charge in [-0.15, -0.1) is 0 Å². The fraction of sp³-hybridized carbons (Fsp3) is 0.452. The highest BCUT2D eigenvalue weighted by molar-refractivity contribution is 6.74. The van der Waals surface area contributed by atoms with Gasteiger partial charge in [-0.05, 0) is 42.2 Å². The van der Waals surface area contributed by atoms with E-state index >= 15 is 0 Å². The Balaban J connectivity index is 1.13. The van der Waals surface area contributed by atoms with Crippen molar-refractivity contribution in [2.45, 2.75) is 58.5 Å². The highest BCUT2D eigenvalue weighted by Crippen LogP contribution is 2.37. The Morgan fingerprint density at radius 2 is 1.66 bits per heavy atom. The number of carbonyl (C=O) groups excluding carboxylic acids is 1. The number of aryl methyl sites for hydroxylation is 1. The summed E-state index contributed by atoms with van der Waals surface area (Å²) in [6.07, 6.45) is 7.17. The molecule has 218 valence electrons. The van der Waals surface area contributed by atoms with Crippen LogP contribution in [-0.2, 0) is 22.8 Å². The predicted octanol–water partition coefficient (Wildman–Crippen LogP) is 6.28. The van der Waals surface area contributed by atoms with Gasteiger partial charge < -0.3 is 19.0 Å². The number of carbonyl (C=O) groups is 1. The van der Waals surface area contributed by atoms with Crippen molar-refractivity contribution in [3.63, 3.8) is 0 Å². The minimum absolute atomic E-state index is 0.179. The van der Waals surface area contributed by atoms with Gasteiger partial charge in [0.1, 0.15) is 6.10 Å². The van der Waals surface area contributed by atoms with Crippen molar-refractivity contribution >= 4 is 25.6 Å². The Hall–Kier alpha value is -3.63. The maximum Gasteiger partial charge on any atom is 0.410 e. The van der Waals surface area contributed by atoms with Crippen molar-refractivity contribution in [3.8, 4) is 11.1 Å². The van der Waals surface area contributed by atoms with Crippen LogP contribution >= 0.6 is 0 Å². The van der Waals surface area contributed by atoms with Crippen LogP contribution in [0.15, 0.2) is 61.2 Å². The van der Waals surface area contributed by atoms with Gasteiger partial charge in [-0.1, -0.05) is 51.1 Å². The van der Waals surface area contributed by atoms with Crippen LogP contribution in [0.1, 0.15) is 44.9 Å². The number of benzene rings is 1. The van der Waals surface area contributed by atoms with E-state index in [1.54, 1.807) is 9.58 Å². The Bertz CT molecular complexity index is 1500. The summed E-state index contributed by atoms with van der Waals surface area (Å²) in [6, 6.07) is 12.4. The molecule has 1 fully saturated rings. The summed E-state index contributed by atoms with van der Waals surface area (Å²) < 4.78 is 15.9. The number of rotatable bonds is 7. The molecule has 3 aromatic heterocycles. The third-order valence-corrected chi connectivity index (χ3v) is 13.0. The van der Waals surface area contributed by atoms with Crippen LogP contribution in [0.2, 0.25) is 18.1 Å². The number of ether oxygens (including phenoxy) is 1. The van der Waals surface area contributed by atoms with E-state index in [4.69, 9.17) is 9.16 Å². The average Bonchev–Trinajstić information content (AvgIpc) is 3.57. The molecular formula is C31H42N6O3Si. The van der Waals surface area contributed by atoms with Crippen LogP contribution in [-0.4, -0.2) is 64.9 Å². The normalized spacial score (nSPS) is 15.4. The Morgan fingerprint density at radius 3 is 2.29 bits per heavy atom. The number of fused-ring (bicyclic) bond motifs is 1. The van der Waals surface area contributed by atoms with Gasteiger partial charge in [-0.25, -0.2) is 9.31 Å². The lowest BCUT2D eigenvalue weighted by atomic mass is 10.1. The average molecular weight is 575 g/mol. The molecule has 1 aliphatic rings. The summed E-state index contributed by atoms with van der Waals surface area (Å²) >= 11 is 0. The summed E-state index contributed by atoms with van der Waals surface area (Å²) in [5.41, 5.74) is 6.34. The molecule has 4 aromatic rings. The zero-order valence-electron chi connectivity index (χ0n) is 25.3. The topological polar surface area (TPSA) is 77.1 Å². The molecule has 0 saturated carbocycles. The molecule has 1 unspecified atom stereocenters. The molecule has 0 N–H and O–H groups in total.